The highest BCUT2D eigenvalue weighted by Crippen LogP contribution is 2.36. The predicted molar refractivity (Wildman–Crippen MR) is 151 cm³/mol. The highest BCUT2D eigenvalue weighted by atomic mass is 32.2. The molecule has 1 aliphatic rings. The van der Waals surface area contributed by atoms with Gasteiger partial charge in [-0.25, -0.2) is 12.8 Å². The molecule has 0 spiro atoms. The Labute approximate surface area is 246 Å². The van der Waals surface area contributed by atoms with Crippen LogP contribution in [0.3, 0.4) is 0 Å². The van der Waals surface area contributed by atoms with Gasteiger partial charge in [0.15, 0.2) is 9.84 Å². The van der Waals surface area contributed by atoms with Crippen LogP contribution in [-0.2, 0) is 37.1 Å². The Morgan fingerprint density at radius 1 is 1.00 bits per heavy atom. The number of rotatable bonds is 11. The first-order valence-corrected chi connectivity index (χ1v) is 15.2. The number of fused-ring (bicyclic) bond motifs is 1. The lowest BCUT2D eigenvalue weighted by molar-refractivity contribution is -0.170. The van der Waals surface area contributed by atoms with Crippen LogP contribution in [0.1, 0.15) is 24.5 Å². The molecular formula is C30H30F4N2O6S. The minimum atomic E-state index is -5.33. The van der Waals surface area contributed by atoms with E-state index in [2.05, 4.69) is 0 Å². The van der Waals surface area contributed by atoms with Crippen LogP contribution in [0.15, 0.2) is 71.6 Å². The number of hydrogen-bond donors (Lipinski definition) is 0. The number of carbonyl (C=O) groups is 2. The number of ether oxygens (including phenoxy) is 2. The maximum atomic E-state index is 14.9. The highest BCUT2D eigenvalue weighted by molar-refractivity contribution is 7.91. The molecule has 0 aliphatic carbocycles. The first-order chi connectivity index (χ1) is 20.4. The van der Waals surface area contributed by atoms with Crippen molar-refractivity contribution in [2.45, 2.75) is 37.4 Å². The molecule has 0 fully saturated rings. The molecule has 230 valence electrons. The third kappa shape index (κ3) is 7.83. The van der Waals surface area contributed by atoms with Crippen LogP contribution in [0.25, 0.3) is 0 Å². The standard InChI is InChI=1S/C30H30F4N2O6S/c1-2-41-27(37)14-12-21-11-13-23(19-25(21)31)36(29(38)30(32,33)34)20-22-7-6-10-26-28(22)43(39,40)18-16-35(26)15-17-42-24-8-4-3-5-9-24/h3-11,13,19H,2,12,14-18,20H2,1H3. The van der Waals surface area contributed by atoms with Crippen molar-refractivity contribution in [1.82, 2.24) is 0 Å². The Hall–Kier alpha value is -4.13. The van der Waals surface area contributed by atoms with Crippen LogP contribution in [0.4, 0.5) is 28.9 Å². The number of amides is 1. The Bertz CT molecular complexity index is 1560. The normalized spacial score (nSPS) is 14.1. The predicted octanol–water partition coefficient (Wildman–Crippen LogP) is 5.09. The Morgan fingerprint density at radius 2 is 1.74 bits per heavy atom. The fourth-order valence-electron chi connectivity index (χ4n) is 4.76. The number of benzene rings is 3. The zero-order chi connectivity index (χ0) is 31.2. The van der Waals surface area contributed by atoms with E-state index in [-0.39, 0.29) is 60.1 Å². The van der Waals surface area contributed by atoms with Gasteiger partial charge >= 0.3 is 18.1 Å². The highest BCUT2D eigenvalue weighted by Gasteiger charge is 2.44. The van der Waals surface area contributed by atoms with Crippen molar-refractivity contribution in [3.05, 3.63) is 83.7 Å². The fourth-order valence-corrected chi connectivity index (χ4v) is 6.47. The first-order valence-electron chi connectivity index (χ1n) is 13.5. The number of carbonyl (C=O) groups excluding carboxylic acids is 2. The summed E-state index contributed by atoms with van der Waals surface area (Å²) in [6.07, 6.45) is -5.53. The summed E-state index contributed by atoms with van der Waals surface area (Å²) < 4.78 is 93.0. The summed E-state index contributed by atoms with van der Waals surface area (Å²) in [7, 11) is -3.93. The van der Waals surface area contributed by atoms with Crippen molar-refractivity contribution in [1.29, 1.82) is 0 Å². The third-order valence-electron chi connectivity index (χ3n) is 6.80. The van der Waals surface area contributed by atoms with Gasteiger partial charge in [-0.1, -0.05) is 36.4 Å². The van der Waals surface area contributed by atoms with E-state index in [1.165, 1.54) is 18.2 Å². The second-order valence-corrected chi connectivity index (χ2v) is 11.7. The summed E-state index contributed by atoms with van der Waals surface area (Å²) in [6, 6.07) is 16.5. The molecule has 0 saturated heterocycles. The minimum Gasteiger partial charge on any atom is -0.492 e. The van der Waals surface area contributed by atoms with Crippen molar-refractivity contribution in [3.63, 3.8) is 0 Å². The number of aryl methyl sites for hydroxylation is 1. The topological polar surface area (TPSA) is 93.2 Å². The van der Waals surface area contributed by atoms with Gasteiger partial charge in [-0.05, 0) is 54.8 Å². The van der Waals surface area contributed by atoms with E-state index < -0.39 is 45.9 Å². The largest absolute Gasteiger partial charge is 0.492 e. The van der Waals surface area contributed by atoms with Crippen LogP contribution in [0.5, 0.6) is 5.75 Å². The molecule has 0 radical (unpaired) electrons. The minimum absolute atomic E-state index is 0.0456. The van der Waals surface area contributed by atoms with Crippen LogP contribution in [0, 0.1) is 5.82 Å². The lowest BCUT2D eigenvalue weighted by atomic mass is 10.1. The van der Waals surface area contributed by atoms with Gasteiger partial charge in [0.1, 0.15) is 18.2 Å². The summed E-state index contributed by atoms with van der Waals surface area (Å²) in [5, 5.41) is 0. The molecular weight excluding hydrogens is 592 g/mol. The lowest BCUT2D eigenvalue weighted by Crippen LogP contribution is -2.42. The zero-order valence-corrected chi connectivity index (χ0v) is 24.1. The van der Waals surface area contributed by atoms with Crippen molar-refractivity contribution < 1.29 is 45.0 Å². The van der Waals surface area contributed by atoms with Gasteiger partial charge < -0.3 is 19.3 Å². The number of anilines is 2. The molecule has 3 aromatic carbocycles. The van der Waals surface area contributed by atoms with Gasteiger partial charge in [0.25, 0.3) is 0 Å². The molecule has 0 aromatic heterocycles. The average molecular weight is 623 g/mol. The van der Waals surface area contributed by atoms with E-state index in [9.17, 15) is 35.6 Å². The fraction of sp³-hybridized carbons (Fsp3) is 0.333. The SMILES string of the molecule is CCOC(=O)CCc1ccc(N(Cc2cccc3c2S(=O)(=O)CCN3CCOc2ccccc2)C(=O)C(F)(F)F)cc1F. The quantitative estimate of drug-likeness (QED) is 0.217. The Morgan fingerprint density at radius 3 is 2.42 bits per heavy atom. The molecule has 8 nitrogen and oxygen atoms in total. The zero-order valence-electron chi connectivity index (χ0n) is 23.3. The smallest absolute Gasteiger partial charge is 0.471 e. The van der Waals surface area contributed by atoms with Crippen LogP contribution < -0.4 is 14.5 Å². The molecule has 0 bridgehead atoms. The average Bonchev–Trinajstić information content (AvgIpc) is 2.96. The van der Waals surface area contributed by atoms with Crippen molar-refractivity contribution in [3.8, 4) is 5.75 Å². The molecule has 13 heteroatoms. The van der Waals surface area contributed by atoms with E-state index in [0.717, 1.165) is 12.1 Å². The molecule has 0 saturated carbocycles. The molecule has 0 unspecified atom stereocenters. The molecule has 1 amide bonds. The second-order valence-electron chi connectivity index (χ2n) is 9.70. The van der Waals surface area contributed by atoms with E-state index in [4.69, 9.17) is 9.47 Å². The maximum absolute atomic E-state index is 14.9. The van der Waals surface area contributed by atoms with Gasteiger partial charge in [-0.3, -0.25) is 9.59 Å². The molecule has 0 N–H and O–H groups in total. The number of nitrogens with zero attached hydrogens (tertiary/aromatic N) is 2. The van der Waals surface area contributed by atoms with Gasteiger partial charge in [0.2, 0.25) is 0 Å². The van der Waals surface area contributed by atoms with Crippen molar-refractivity contribution >= 4 is 33.1 Å². The molecule has 1 aliphatic heterocycles. The molecule has 3 aromatic rings. The number of sulfone groups is 1. The van der Waals surface area contributed by atoms with Crippen molar-refractivity contribution in [2.24, 2.45) is 0 Å². The summed E-state index contributed by atoms with van der Waals surface area (Å²) in [6.45, 7) is 1.63. The van der Waals surface area contributed by atoms with E-state index >= 15 is 0 Å². The number of alkyl halides is 3. The van der Waals surface area contributed by atoms with E-state index in [1.807, 2.05) is 6.07 Å². The summed E-state index contributed by atoms with van der Waals surface area (Å²) >= 11 is 0. The maximum Gasteiger partial charge on any atom is 0.471 e. The second kappa shape index (κ2) is 13.4. The first kappa shape index (κ1) is 31.8. The Kier molecular flexibility index (Phi) is 9.95. The van der Waals surface area contributed by atoms with E-state index in [1.54, 1.807) is 42.2 Å². The van der Waals surface area contributed by atoms with Gasteiger partial charge in [-0.2, -0.15) is 13.2 Å². The van der Waals surface area contributed by atoms with Gasteiger partial charge in [0, 0.05) is 18.7 Å². The van der Waals surface area contributed by atoms with Gasteiger partial charge in [-0.15, -0.1) is 0 Å². The number of halogens is 4. The lowest BCUT2D eigenvalue weighted by Gasteiger charge is -2.33. The van der Waals surface area contributed by atoms with Crippen LogP contribution in [-0.4, -0.2) is 58.5 Å². The molecule has 0 atom stereocenters. The van der Waals surface area contributed by atoms with Crippen LogP contribution in [0.2, 0.25) is 0 Å². The monoisotopic (exact) mass is 622 g/mol. The van der Waals surface area contributed by atoms with Crippen LogP contribution >= 0.6 is 0 Å². The third-order valence-corrected chi connectivity index (χ3v) is 8.61. The van der Waals surface area contributed by atoms with Crippen molar-refractivity contribution in [2.75, 3.05) is 41.9 Å². The number of hydrogen-bond acceptors (Lipinski definition) is 7. The summed E-state index contributed by atoms with van der Waals surface area (Å²) in [5.74, 6) is -3.43. The Balaban J connectivity index is 1.63. The number of para-hydroxylation sites is 1. The summed E-state index contributed by atoms with van der Waals surface area (Å²) in [4.78, 5) is 26.1. The molecule has 1 heterocycles. The molecule has 4 rings (SSSR count). The van der Waals surface area contributed by atoms with Gasteiger partial charge in [0.05, 0.1) is 36.0 Å². The summed E-state index contributed by atoms with van der Waals surface area (Å²) in [5.41, 5.74) is -0.140. The van der Waals surface area contributed by atoms with E-state index in [0.29, 0.717) is 17.2 Å². The number of esters is 1. The molecule has 43 heavy (non-hydrogen) atoms.